The van der Waals surface area contributed by atoms with Gasteiger partial charge in [0.2, 0.25) is 0 Å². The van der Waals surface area contributed by atoms with E-state index in [1.165, 1.54) is 5.39 Å². The molecule has 1 aliphatic rings. The Morgan fingerprint density at radius 2 is 1.78 bits per heavy atom. The largest absolute Gasteiger partial charge is 0.494 e. The van der Waals surface area contributed by atoms with Crippen molar-refractivity contribution >= 4 is 44.1 Å². The lowest BCUT2D eigenvalue weighted by molar-refractivity contribution is -0.114. The second-order valence-electron chi connectivity index (χ2n) is 6.64. The van der Waals surface area contributed by atoms with E-state index in [4.69, 9.17) is 4.74 Å². The molecule has 4 rings (SSSR count). The first kappa shape index (κ1) is 17.7. The summed E-state index contributed by atoms with van der Waals surface area (Å²) >= 11 is 3.48. The molecule has 0 bridgehead atoms. The van der Waals surface area contributed by atoms with Crippen LogP contribution in [0.15, 0.2) is 59.1 Å². The van der Waals surface area contributed by atoms with Gasteiger partial charge in [0.1, 0.15) is 5.75 Å². The summed E-state index contributed by atoms with van der Waals surface area (Å²) in [7, 11) is 0. The molecule has 0 aliphatic carbocycles. The molecule has 0 spiro atoms. The maximum Gasteiger partial charge on any atom is 0.299 e. The van der Waals surface area contributed by atoms with Gasteiger partial charge in [-0.05, 0) is 69.9 Å². The summed E-state index contributed by atoms with van der Waals surface area (Å²) in [6, 6.07) is 17.8. The maximum atomic E-state index is 12.4. The molecule has 1 amide bonds. The van der Waals surface area contributed by atoms with Crippen molar-refractivity contribution in [3.05, 3.63) is 70.2 Å². The van der Waals surface area contributed by atoms with Crippen molar-refractivity contribution < 1.29 is 14.3 Å². The molecule has 3 aromatic carbocycles. The normalized spacial score (nSPS) is 13.3. The first-order valence-electron chi connectivity index (χ1n) is 8.82. The zero-order valence-electron chi connectivity index (χ0n) is 14.9. The van der Waals surface area contributed by atoms with Gasteiger partial charge in [-0.3, -0.25) is 9.59 Å². The average molecular weight is 424 g/mol. The van der Waals surface area contributed by atoms with Gasteiger partial charge in [0, 0.05) is 11.0 Å². The van der Waals surface area contributed by atoms with Gasteiger partial charge in [-0.1, -0.05) is 30.3 Å². The number of Topliss-reactive ketones (excluding diaryl/α,β-unsaturated/α-hetero) is 1. The third-order valence-corrected chi connectivity index (χ3v) is 5.28. The molecule has 0 saturated carbocycles. The molecule has 0 radical (unpaired) electrons. The van der Waals surface area contributed by atoms with E-state index in [-0.39, 0.29) is 0 Å². The second kappa shape index (κ2) is 7.16. The van der Waals surface area contributed by atoms with Crippen LogP contribution in [-0.4, -0.2) is 24.8 Å². The Labute approximate surface area is 165 Å². The highest BCUT2D eigenvalue weighted by molar-refractivity contribution is 9.10. The van der Waals surface area contributed by atoms with Crippen LogP contribution in [0.1, 0.15) is 22.3 Å². The number of amides is 1. The predicted molar refractivity (Wildman–Crippen MR) is 110 cm³/mol. The molecule has 27 heavy (non-hydrogen) atoms. The Morgan fingerprint density at radius 3 is 2.59 bits per heavy atom. The lowest BCUT2D eigenvalue weighted by Crippen LogP contribution is -2.31. The van der Waals surface area contributed by atoms with E-state index in [2.05, 4.69) is 22.0 Å². The second-order valence-corrected chi connectivity index (χ2v) is 7.49. The molecule has 0 fully saturated rings. The van der Waals surface area contributed by atoms with E-state index in [1.54, 1.807) is 11.0 Å². The fourth-order valence-electron chi connectivity index (χ4n) is 3.40. The molecule has 0 aromatic heterocycles. The molecule has 5 heteroatoms. The molecule has 1 aliphatic heterocycles. The lowest BCUT2D eigenvalue weighted by atomic mass is 10.1. The highest BCUT2D eigenvalue weighted by Crippen LogP contribution is 2.37. The minimum atomic E-state index is -0.470. The number of nitrogens with zero attached hydrogens (tertiary/aromatic N) is 1. The first-order valence-corrected chi connectivity index (χ1v) is 9.62. The van der Waals surface area contributed by atoms with Crippen molar-refractivity contribution in [2.24, 2.45) is 0 Å². The fourth-order valence-corrected chi connectivity index (χ4v) is 4.19. The van der Waals surface area contributed by atoms with Gasteiger partial charge in [-0.2, -0.15) is 0 Å². The monoisotopic (exact) mass is 423 g/mol. The van der Waals surface area contributed by atoms with Crippen LogP contribution >= 0.6 is 15.9 Å². The number of aryl methyl sites for hydroxylation is 1. The fraction of sp³-hybridized carbons (Fsp3) is 0.182. The molecule has 0 saturated heterocycles. The van der Waals surface area contributed by atoms with Crippen molar-refractivity contribution in [3.63, 3.8) is 0 Å². The van der Waals surface area contributed by atoms with Crippen LogP contribution in [-0.2, 0) is 4.79 Å². The number of anilines is 1. The summed E-state index contributed by atoms with van der Waals surface area (Å²) in [5.74, 6) is -0.110. The topological polar surface area (TPSA) is 46.6 Å². The number of carbonyl (C=O) groups is 2. The highest BCUT2D eigenvalue weighted by atomic mass is 79.9. The van der Waals surface area contributed by atoms with Crippen LogP contribution in [0, 0.1) is 6.92 Å². The summed E-state index contributed by atoms with van der Waals surface area (Å²) in [6.07, 6.45) is 0.631. The Kier molecular flexibility index (Phi) is 4.70. The number of ketones is 1. The highest BCUT2D eigenvalue weighted by Gasteiger charge is 2.37. The van der Waals surface area contributed by atoms with E-state index < -0.39 is 11.7 Å². The smallest absolute Gasteiger partial charge is 0.299 e. The van der Waals surface area contributed by atoms with Gasteiger partial charge in [-0.25, -0.2) is 0 Å². The van der Waals surface area contributed by atoms with Crippen LogP contribution in [0.3, 0.4) is 0 Å². The number of rotatable bonds is 5. The minimum absolute atomic E-state index is 0.437. The Balaban J connectivity index is 1.42. The van der Waals surface area contributed by atoms with Gasteiger partial charge in [0.15, 0.2) is 0 Å². The summed E-state index contributed by atoms with van der Waals surface area (Å²) < 4.78 is 6.61. The Morgan fingerprint density at radius 1 is 1.00 bits per heavy atom. The van der Waals surface area contributed by atoms with Crippen LogP contribution in [0.25, 0.3) is 10.8 Å². The summed E-state index contributed by atoms with van der Waals surface area (Å²) in [6.45, 7) is 2.81. The zero-order chi connectivity index (χ0) is 19.0. The molecule has 3 aromatic rings. The van der Waals surface area contributed by atoms with Gasteiger partial charge < -0.3 is 9.64 Å². The van der Waals surface area contributed by atoms with Gasteiger partial charge >= 0.3 is 0 Å². The van der Waals surface area contributed by atoms with Crippen molar-refractivity contribution in [1.29, 1.82) is 0 Å². The van der Waals surface area contributed by atoms with Crippen LogP contribution in [0.2, 0.25) is 0 Å². The molecular weight excluding hydrogens is 406 g/mol. The van der Waals surface area contributed by atoms with E-state index in [0.29, 0.717) is 30.8 Å². The van der Waals surface area contributed by atoms with Gasteiger partial charge in [0.25, 0.3) is 11.7 Å². The van der Waals surface area contributed by atoms with Gasteiger partial charge in [0.05, 0.1) is 17.9 Å². The van der Waals surface area contributed by atoms with E-state index >= 15 is 0 Å². The van der Waals surface area contributed by atoms with Gasteiger partial charge in [-0.15, -0.1) is 0 Å². The number of ether oxygens (including phenoxy) is 1. The number of hydrogen-bond acceptors (Lipinski definition) is 3. The molecule has 4 nitrogen and oxygen atoms in total. The summed E-state index contributed by atoms with van der Waals surface area (Å²) in [5, 5.41) is 2.30. The molecule has 0 N–H and O–H groups in total. The number of fused-ring (bicyclic) bond motifs is 2. The first-order chi connectivity index (χ1) is 13.0. The van der Waals surface area contributed by atoms with Crippen LogP contribution in [0.5, 0.6) is 5.75 Å². The van der Waals surface area contributed by atoms with E-state index in [0.717, 1.165) is 21.2 Å². The molecule has 0 unspecified atom stereocenters. The van der Waals surface area contributed by atoms with Crippen molar-refractivity contribution in [2.75, 3.05) is 18.1 Å². The SMILES string of the molecule is Cc1cc(Br)c2c(c1)C(=O)C(=O)N2CCCOc1ccc2ccccc2c1. The van der Waals surface area contributed by atoms with Crippen molar-refractivity contribution in [3.8, 4) is 5.75 Å². The minimum Gasteiger partial charge on any atom is -0.494 e. The number of carbonyl (C=O) groups excluding carboxylic acids is 2. The predicted octanol–water partition coefficient (Wildman–Crippen LogP) is 4.91. The van der Waals surface area contributed by atoms with E-state index in [1.807, 2.05) is 49.4 Å². The third kappa shape index (κ3) is 3.35. The number of benzene rings is 3. The quantitative estimate of drug-likeness (QED) is 0.432. The van der Waals surface area contributed by atoms with Crippen LogP contribution < -0.4 is 9.64 Å². The third-order valence-electron chi connectivity index (χ3n) is 4.68. The van der Waals surface area contributed by atoms with Crippen molar-refractivity contribution in [2.45, 2.75) is 13.3 Å². The van der Waals surface area contributed by atoms with Crippen LogP contribution in [0.4, 0.5) is 5.69 Å². The summed E-state index contributed by atoms with van der Waals surface area (Å²) in [5.41, 5.74) is 2.09. The molecule has 0 atom stereocenters. The number of halogens is 1. The Bertz CT molecular complexity index is 1060. The molecular formula is C22H18BrNO3. The zero-order valence-corrected chi connectivity index (χ0v) is 16.5. The maximum absolute atomic E-state index is 12.4. The summed E-state index contributed by atoms with van der Waals surface area (Å²) in [4.78, 5) is 26.1. The molecule has 136 valence electrons. The standard InChI is InChI=1S/C22H18BrNO3/c1-14-11-18-20(19(23)12-14)24(22(26)21(18)25)9-4-10-27-17-8-7-15-5-2-3-6-16(15)13-17/h2-3,5-8,11-13H,4,9-10H2,1H3. The molecule has 1 heterocycles. The Hall–Kier alpha value is -2.66. The van der Waals surface area contributed by atoms with E-state index in [9.17, 15) is 9.59 Å². The number of hydrogen-bond donors (Lipinski definition) is 0. The average Bonchev–Trinajstić information content (AvgIpc) is 2.90. The lowest BCUT2D eigenvalue weighted by Gasteiger charge is -2.18. The van der Waals surface area contributed by atoms with Crippen molar-refractivity contribution in [1.82, 2.24) is 0 Å².